The average Bonchev–Trinajstić information content (AvgIpc) is 2.73. The highest BCUT2D eigenvalue weighted by Crippen LogP contribution is 2.18. The lowest BCUT2D eigenvalue weighted by Crippen LogP contribution is -2.23. The molecule has 0 fully saturated rings. The Hall–Kier alpha value is -4.13. The molecule has 0 aliphatic carbocycles. The minimum atomic E-state index is -0.698. The van der Waals surface area contributed by atoms with E-state index in [1.165, 1.54) is 24.3 Å². The molecule has 0 aliphatic rings. The second-order valence-electron chi connectivity index (χ2n) is 6.54. The summed E-state index contributed by atoms with van der Waals surface area (Å²) in [7, 11) is 0. The van der Waals surface area contributed by atoms with Crippen LogP contribution in [0.2, 0.25) is 0 Å². The summed E-state index contributed by atoms with van der Waals surface area (Å²) in [5, 5.41) is 14.6. The van der Waals surface area contributed by atoms with E-state index in [4.69, 9.17) is 4.74 Å². The summed E-state index contributed by atoms with van der Waals surface area (Å²) in [4.78, 5) is 36.8. The first-order valence-corrected chi connectivity index (χ1v) is 9.15. The molecule has 152 valence electrons. The highest BCUT2D eigenvalue weighted by molar-refractivity contribution is 6.10. The number of hydrogen-bond acceptors (Lipinski definition) is 5. The van der Waals surface area contributed by atoms with Crippen molar-refractivity contribution in [2.45, 2.75) is 6.92 Å². The van der Waals surface area contributed by atoms with Crippen LogP contribution in [0.15, 0.2) is 72.8 Å². The number of hydrogen-bond donors (Lipinski definition) is 3. The number of aryl methyl sites for hydroxylation is 1. The van der Waals surface area contributed by atoms with Gasteiger partial charge >= 0.3 is 5.97 Å². The van der Waals surface area contributed by atoms with Gasteiger partial charge < -0.3 is 20.5 Å². The largest absolute Gasteiger partial charge is 0.508 e. The van der Waals surface area contributed by atoms with Crippen molar-refractivity contribution < 1.29 is 24.2 Å². The fourth-order valence-corrected chi connectivity index (χ4v) is 2.71. The van der Waals surface area contributed by atoms with Crippen LogP contribution in [0, 0.1) is 6.92 Å². The van der Waals surface area contributed by atoms with Gasteiger partial charge in [-0.15, -0.1) is 0 Å². The molecule has 3 rings (SSSR count). The van der Waals surface area contributed by atoms with Crippen molar-refractivity contribution in [3.05, 3.63) is 89.5 Å². The predicted octanol–water partition coefficient (Wildman–Crippen LogP) is 3.75. The zero-order chi connectivity index (χ0) is 21.5. The molecule has 0 bridgehead atoms. The molecule has 7 nitrogen and oxygen atoms in total. The van der Waals surface area contributed by atoms with Gasteiger partial charge in [0.05, 0.1) is 16.8 Å². The first-order valence-electron chi connectivity index (χ1n) is 9.15. The topological polar surface area (TPSA) is 105 Å². The van der Waals surface area contributed by atoms with Crippen molar-refractivity contribution >= 4 is 29.2 Å². The second kappa shape index (κ2) is 9.38. The molecule has 3 aromatic rings. The Morgan fingerprint density at radius 1 is 0.900 bits per heavy atom. The number of carbonyl (C=O) groups is 3. The minimum absolute atomic E-state index is 0.0184. The van der Waals surface area contributed by atoms with Crippen LogP contribution in [0.25, 0.3) is 0 Å². The van der Waals surface area contributed by atoms with E-state index < -0.39 is 18.5 Å². The Balaban J connectivity index is 1.62. The molecule has 3 N–H and O–H groups in total. The van der Waals surface area contributed by atoms with Crippen LogP contribution in [0.1, 0.15) is 26.3 Å². The van der Waals surface area contributed by atoms with Crippen molar-refractivity contribution in [3.8, 4) is 5.75 Å². The van der Waals surface area contributed by atoms with Crippen LogP contribution in [-0.2, 0) is 9.53 Å². The van der Waals surface area contributed by atoms with Crippen LogP contribution in [-0.4, -0.2) is 29.5 Å². The summed E-state index contributed by atoms with van der Waals surface area (Å²) in [5.41, 5.74) is 2.43. The van der Waals surface area contributed by atoms with Gasteiger partial charge in [0.25, 0.3) is 11.8 Å². The third-order valence-corrected chi connectivity index (χ3v) is 4.16. The summed E-state index contributed by atoms with van der Waals surface area (Å²) in [6.45, 7) is 1.40. The van der Waals surface area contributed by atoms with Crippen LogP contribution < -0.4 is 10.6 Å². The van der Waals surface area contributed by atoms with Gasteiger partial charge in [-0.3, -0.25) is 9.59 Å². The molecule has 0 atom stereocenters. The monoisotopic (exact) mass is 404 g/mol. The van der Waals surface area contributed by atoms with Gasteiger partial charge in [0.15, 0.2) is 6.61 Å². The fraction of sp³-hybridized carbons (Fsp3) is 0.0870. The van der Waals surface area contributed by atoms with Gasteiger partial charge in [-0.25, -0.2) is 4.79 Å². The maximum atomic E-state index is 12.6. The van der Waals surface area contributed by atoms with Gasteiger partial charge in [-0.2, -0.15) is 0 Å². The van der Waals surface area contributed by atoms with E-state index in [9.17, 15) is 19.5 Å². The quantitative estimate of drug-likeness (QED) is 0.543. The zero-order valence-corrected chi connectivity index (χ0v) is 16.2. The first-order chi connectivity index (χ1) is 14.4. The second-order valence-corrected chi connectivity index (χ2v) is 6.54. The Kier molecular flexibility index (Phi) is 6.44. The van der Waals surface area contributed by atoms with E-state index >= 15 is 0 Å². The van der Waals surface area contributed by atoms with Gasteiger partial charge in [0, 0.05) is 5.69 Å². The highest BCUT2D eigenvalue weighted by Gasteiger charge is 2.15. The predicted molar refractivity (Wildman–Crippen MR) is 113 cm³/mol. The number of para-hydroxylation sites is 1. The molecule has 2 amide bonds. The molecular weight excluding hydrogens is 384 g/mol. The molecule has 0 spiro atoms. The number of anilines is 2. The SMILES string of the molecule is Cc1cccc(NC(=O)c2ccccc2NC(=O)COC(=O)c2ccc(O)cc2)c1. The van der Waals surface area contributed by atoms with E-state index in [-0.39, 0.29) is 22.8 Å². The van der Waals surface area contributed by atoms with E-state index in [2.05, 4.69) is 10.6 Å². The molecule has 3 aromatic carbocycles. The van der Waals surface area contributed by atoms with Crippen molar-refractivity contribution in [3.63, 3.8) is 0 Å². The normalized spacial score (nSPS) is 10.2. The Labute approximate surface area is 173 Å². The van der Waals surface area contributed by atoms with E-state index in [1.807, 2.05) is 25.1 Å². The third-order valence-electron chi connectivity index (χ3n) is 4.16. The summed E-state index contributed by atoms with van der Waals surface area (Å²) in [6.07, 6.45) is 0. The Bertz CT molecular complexity index is 1080. The number of nitrogens with one attached hydrogen (secondary N) is 2. The fourth-order valence-electron chi connectivity index (χ4n) is 2.71. The van der Waals surface area contributed by atoms with Crippen LogP contribution in [0.5, 0.6) is 5.75 Å². The first kappa shape index (κ1) is 20.6. The number of rotatable bonds is 6. The zero-order valence-electron chi connectivity index (χ0n) is 16.2. The molecule has 0 aliphatic heterocycles. The molecule has 7 heteroatoms. The van der Waals surface area contributed by atoms with Crippen LogP contribution >= 0.6 is 0 Å². The number of esters is 1. The lowest BCUT2D eigenvalue weighted by atomic mass is 10.1. The average molecular weight is 404 g/mol. The van der Waals surface area contributed by atoms with E-state index in [0.29, 0.717) is 11.4 Å². The Morgan fingerprint density at radius 3 is 2.37 bits per heavy atom. The summed E-state index contributed by atoms with van der Waals surface area (Å²) in [5.74, 6) is -1.64. The molecule has 0 heterocycles. The highest BCUT2D eigenvalue weighted by atomic mass is 16.5. The molecule has 0 aromatic heterocycles. The number of amides is 2. The number of carbonyl (C=O) groups excluding carboxylic acids is 3. The minimum Gasteiger partial charge on any atom is -0.508 e. The maximum Gasteiger partial charge on any atom is 0.338 e. The van der Waals surface area contributed by atoms with Gasteiger partial charge in [0.2, 0.25) is 0 Å². The molecule has 0 unspecified atom stereocenters. The summed E-state index contributed by atoms with van der Waals surface area (Å²) in [6, 6.07) is 19.4. The van der Waals surface area contributed by atoms with Crippen molar-refractivity contribution in [1.29, 1.82) is 0 Å². The maximum absolute atomic E-state index is 12.6. The smallest absolute Gasteiger partial charge is 0.338 e. The summed E-state index contributed by atoms with van der Waals surface area (Å²) < 4.78 is 4.98. The summed E-state index contributed by atoms with van der Waals surface area (Å²) >= 11 is 0. The third kappa shape index (κ3) is 5.45. The number of benzene rings is 3. The van der Waals surface area contributed by atoms with Gasteiger partial charge in [-0.1, -0.05) is 24.3 Å². The molecule has 0 saturated carbocycles. The lowest BCUT2D eigenvalue weighted by molar-refractivity contribution is -0.119. The number of phenolic OH excluding ortho intramolecular Hbond substituents is 1. The van der Waals surface area contributed by atoms with Crippen molar-refractivity contribution in [1.82, 2.24) is 0 Å². The lowest BCUT2D eigenvalue weighted by Gasteiger charge is -2.12. The molecule has 30 heavy (non-hydrogen) atoms. The number of aromatic hydroxyl groups is 1. The Morgan fingerprint density at radius 2 is 1.63 bits per heavy atom. The van der Waals surface area contributed by atoms with E-state index in [1.54, 1.807) is 30.3 Å². The number of ether oxygens (including phenoxy) is 1. The van der Waals surface area contributed by atoms with Crippen molar-refractivity contribution in [2.75, 3.05) is 17.2 Å². The van der Waals surface area contributed by atoms with Crippen molar-refractivity contribution in [2.24, 2.45) is 0 Å². The molecule has 0 radical (unpaired) electrons. The van der Waals surface area contributed by atoms with Crippen LogP contribution in [0.3, 0.4) is 0 Å². The standard InChI is InChI=1S/C23H20N2O5/c1-15-5-4-6-17(13-15)24-22(28)19-7-2-3-8-20(19)25-21(27)14-30-23(29)16-9-11-18(26)12-10-16/h2-13,26H,14H2,1H3,(H,24,28)(H,25,27). The van der Waals surface area contributed by atoms with Gasteiger partial charge in [-0.05, 0) is 61.0 Å². The number of phenols is 1. The van der Waals surface area contributed by atoms with Crippen LogP contribution in [0.4, 0.5) is 11.4 Å². The van der Waals surface area contributed by atoms with Gasteiger partial charge in [0.1, 0.15) is 5.75 Å². The molecule has 0 saturated heterocycles. The van der Waals surface area contributed by atoms with E-state index in [0.717, 1.165) is 5.56 Å². The molecular formula is C23H20N2O5.